The van der Waals surface area contributed by atoms with Gasteiger partial charge in [0.1, 0.15) is 5.58 Å². The molecule has 59 heavy (non-hydrogen) atoms. The second kappa shape index (κ2) is 17.1. The zero-order valence-electron chi connectivity index (χ0n) is 33.5. The minimum Gasteiger partial charge on any atom is -0.501 e. The van der Waals surface area contributed by atoms with Crippen molar-refractivity contribution in [2.75, 3.05) is 0 Å². The Bertz CT molecular complexity index is 3050. The van der Waals surface area contributed by atoms with Crippen molar-refractivity contribution >= 4 is 50.4 Å². The molecule has 0 atom stereocenters. The summed E-state index contributed by atoms with van der Waals surface area (Å²) in [6.45, 7) is 2.21. The molecule has 0 aliphatic rings. The standard InChI is InChI=1S/C33H20NO.C21H22GeN.Ir/c1-2-8-22(9-3-1)24-18-19-34-31(20-24)30-15-7-14-29-28-17-16-25(21-32(28)35-33(29)30)27-13-6-11-23-10-4-5-12-26(23)27;1-16-13-21(23-15-20(16)22(2,3)4)19-12-8-11-18(14-19)17-9-6-5-7-10-17;/h1-14,16-21H;5-11,13-15H,1-4H3;/q2*-1;. The zero-order chi connectivity index (χ0) is 39.6. The number of furan rings is 1. The second-order valence-corrected chi connectivity index (χ2v) is 26.3. The van der Waals surface area contributed by atoms with Crippen LogP contribution in [0, 0.1) is 19.1 Å². The quantitative estimate of drug-likeness (QED) is 0.123. The molecule has 10 rings (SSSR count). The normalized spacial score (nSPS) is 11.3. The van der Waals surface area contributed by atoms with Crippen LogP contribution in [0.4, 0.5) is 0 Å². The van der Waals surface area contributed by atoms with Crippen LogP contribution in [-0.4, -0.2) is 23.2 Å². The molecule has 0 bridgehead atoms. The van der Waals surface area contributed by atoms with Gasteiger partial charge >= 0.3 is 142 Å². The number of hydrogen-bond acceptors (Lipinski definition) is 3. The second-order valence-electron chi connectivity index (χ2n) is 15.7. The Balaban J connectivity index is 0.000000176. The monoisotopic (exact) mass is 1000 g/mol. The van der Waals surface area contributed by atoms with Gasteiger partial charge in [0.05, 0.1) is 5.58 Å². The summed E-state index contributed by atoms with van der Waals surface area (Å²) >= 11 is -1.85. The van der Waals surface area contributed by atoms with E-state index in [4.69, 9.17) is 9.40 Å². The van der Waals surface area contributed by atoms with Crippen molar-refractivity contribution in [1.82, 2.24) is 9.97 Å². The van der Waals surface area contributed by atoms with Crippen LogP contribution in [0.15, 0.2) is 187 Å². The van der Waals surface area contributed by atoms with Gasteiger partial charge in [-0.3, -0.25) is 0 Å². The maximum atomic E-state index is 6.49. The molecule has 3 nitrogen and oxygen atoms in total. The Kier molecular flexibility index (Phi) is 11.6. The predicted molar refractivity (Wildman–Crippen MR) is 246 cm³/mol. The summed E-state index contributed by atoms with van der Waals surface area (Å²) in [6, 6.07) is 65.6. The van der Waals surface area contributed by atoms with E-state index in [0.29, 0.717) is 0 Å². The first-order chi connectivity index (χ1) is 28.3. The van der Waals surface area contributed by atoms with E-state index in [1.807, 2.05) is 36.5 Å². The Morgan fingerprint density at radius 3 is 1.97 bits per heavy atom. The van der Waals surface area contributed by atoms with Crippen molar-refractivity contribution in [2.24, 2.45) is 0 Å². The van der Waals surface area contributed by atoms with Crippen LogP contribution in [0.5, 0.6) is 0 Å². The molecule has 0 unspecified atom stereocenters. The van der Waals surface area contributed by atoms with Crippen LogP contribution in [0.2, 0.25) is 17.3 Å². The Morgan fingerprint density at radius 2 is 1.22 bits per heavy atom. The number of hydrogen-bond donors (Lipinski definition) is 0. The fraction of sp³-hybridized carbons (Fsp3) is 0.0741. The molecule has 3 heterocycles. The van der Waals surface area contributed by atoms with E-state index in [0.717, 1.165) is 61.1 Å². The van der Waals surface area contributed by atoms with E-state index in [9.17, 15) is 0 Å². The molecule has 5 heteroatoms. The van der Waals surface area contributed by atoms with Gasteiger partial charge in [-0.25, -0.2) is 0 Å². The van der Waals surface area contributed by atoms with E-state index in [2.05, 4.69) is 187 Å². The third-order valence-corrected chi connectivity index (χ3v) is 15.2. The summed E-state index contributed by atoms with van der Waals surface area (Å²) in [5.41, 5.74) is 13.9. The number of benzene rings is 7. The Labute approximate surface area is 362 Å². The van der Waals surface area contributed by atoms with Gasteiger partial charge in [0.15, 0.2) is 0 Å². The Hall–Kier alpha value is -5.91. The molecule has 10 aromatic rings. The van der Waals surface area contributed by atoms with E-state index in [-0.39, 0.29) is 20.1 Å². The first-order valence-corrected chi connectivity index (χ1v) is 27.1. The average molecular weight is 1000 g/mol. The van der Waals surface area contributed by atoms with Crippen molar-refractivity contribution in [3.05, 3.63) is 200 Å². The third kappa shape index (κ3) is 8.35. The van der Waals surface area contributed by atoms with Gasteiger partial charge in [-0.05, 0) is 50.9 Å². The van der Waals surface area contributed by atoms with E-state index < -0.39 is 13.3 Å². The summed E-state index contributed by atoms with van der Waals surface area (Å²) < 4.78 is 7.97. The predicted octanol–water partition coefficient (Wildman–Crippen LogP) is 14.0. The fourth-order valence-corrected chi connectivity index (χ4v) is 11.4. The van der Waals surface area contributed by atoms with Gasteiger partial charge in [0, 0.05) is 31.7 Å². The van der Waals surface area contributed by atoms with Gasteiger partial charge in [0.2, 0.25) is 0 Å². The molecular formula is C54H42GeIrN2O-2. The van der Waals surface area contributed by atoms with E-state index in [1.54, 1.807) is 0 Å². The maximum absolute atomic E-state index is 6.49. The van der Waals surface area contributed by atoms with Crippen LogP contribution in [0.25, 0.3) is 88.6 Å². The van der Waals surface area contributed by atoms with Gasteiger partial charge in [0.25, 0.3) is 0 Å². The van der Waals surface area contributed by atoms with Gasteiger partial charge < -0.3 is 9.40 Å². The van der Waals surface area contributed by atoms with Crippen molar-refractivity contribution in [3.8, 4) is 55.9 Å². The van der Waals surface area contributed by atoms with Gasteiger partial charge in [-0.15, -0.1) is 18.2 Å². The number of fused-ring (bicyclic) bond motifs is 4. The summed E-state index contributed by atoms with van der Waals surface area (Å²) in [4.78, 5) is 9.39. The molecule has 0 aliphatic carbocycles. The third-order valence-electron chi connectivity index (χ3n) is 10.8. The molecule has 0 fully saturated rings. The Morgan fingerprint density at radius 1 is 0.525 bits per heavy atom. The molecule has 0 saturated heterocycles. The molecule has 0 N–H and O–H groups in total. The molecule has 7 aromatic carbocycles. The SMILES string of the molecule is Cc1cc(-c2[c-]ccc(-c3ccccc3)c2)nc[c]1[Ge]([CH3])([CH3])[CH3].[Ir].[c-]1ccc2c(oc3cc(-c4cccc5ccccc45)ccc32)c1-c1cc(-c2ccccc2)ccn1. The topological polar surface area (TPSA) is 38.9 Å². The summed E-state index contributed by atoms with van der Waals surface area (Å²) in [7, 11) is 0. The molecule has 0 saturated carbocycles. The average Bonchev–Trinajstić information content (AvgIpc) is 3.65. The molecule has 0 aliphatic heterocycles. The summed E-state index contributed by atoms with van der Waals surface area (Å²) in [6.07, 6.45) is 3.94. The van der Waals surface area contributed by atoms with E-state index >= 15 is 0 Å². The summed E-state index contributed by atoms with van der Waals surface area (Å²) in [5.74, 6) is 7.23. The molecule has 3 aromatic heterocycles. The van der Waals surface area contributed by atoms with Gasteiger partial charge in [-0.2, -0.15) is 0 Å². The minimum atomic E-state index is -1.85. The van der Waals surface area contributed by atoms with Crippen LogP contribution >= 0.6 is 0 Å². The number of rotatable bonds is 6. The van der Waals surface area contributed by atoms with Crippen molar-refractivity contribution in [1.29, 1.82) is 0 Å². The van der Waals surface area contributed by atoms with Crippen LogP contribution in [0.1, 0.15) is 5.56 Å². The first-order valence-electron chi connectivity index (χ1n) is 19.7. The number of pyridine rings is 2. The molecule has 0 spiro atoms. The summed E-state index contributed by atoms with van der Waals surface area (Å²) in [5, 5.41) is 4.64. The zero-order valence-corrected chi connectivity index (χ0v) is 37.9. The molecule has 1 radical (unpaired) electrons. The number of aromatic nitrogens is 2. The van der Waals surface area contributed by atoms with Crippen molar-refractivity contribution in [3.63, 3.8) is 0 Å². The first kappa shape index (κ1) is 39.9. The number of aryl methyl sites for hydroxylation is 1. The number of nitrogens with zero attached hydrogens (tertiary/aromatic N) is 2. The van der Waals surface area contributed by atoms with Crippen LogP contribution in [0.3, 0.4) is 0 Å². The van der Waals surface area contributed by atoms with Crippen molar-refractivity contribution in [2.45, 2.75) is 24.2 Å². The van der Waals surface area contributed by atoms with Gasteiger partial charge in [-0.1, -0.05) is 102 Å². The smallest absolute Gasteiger partial charge is 0.121 e. The van der Waals surface area contributed by atoms with Crippen LogP contribution in [-0.2, 0) is 20.1 Å². The van der Waals surface area contributed by atoms with Crippen LogP contribution < -0.4 is 4.40 Å². The molecule has 289 valence electrons. The fourth-order valence-electron chi connectivity index (χ4n) is 7.87. The van der Waals surface area contributed by atoms with E-state index in [1.165, 1.54) is 37.4 Å². The maximum Gasteiger partial charge on any atom is 0.121 e. The van der Waals surface area contributed by atoms with Crippen molar-refractivity contribution < 1.29 is 24.5 Å². The molecule has 0 amide bonds. The molecular weight excluding hydrogens is 957 g/mol. The largest absolute Gasteiger partial charge is 0.501 e. The minimum absolute atomic E-state index is 0.